The van der Waals surface area contributed by atoms with Crippen molar-refractivity contribution >= 4 is 33.4 Å². The minimum atomic E-state index is -5.69. The first kappa shape index (κ1) is 28.3. The van der Waals surface area contributed by atoms with Crippen molar-refractivity contribution in [3.8, 4) is 0 Å². The summed E-state index contributed by atoms with van der Waals surface area (Å²) in [5.41, 5.74) is -0.938. The van der Waals surface area contributed by atoms with Crippen molar-refractivity contribution < 1.29 is 45.7 Å². The standard InChI is InChI=1S/C26H36F2O8S/c1-14(4-7-22(32)36-13-26(27,28)37(33,34)35)17-5-6-18-23-19(12-21(31)25(17,18)3)24(2)9-8-16(29)10-15(24)11-20(23)30/h14-15,17-19,23H,4-13H2,1-3H3,(H,33,34,35)/t14-,15?,17-,18?,19?,23?,24+,25-/m1/s1. The highest BCUT2D eigenvalue weighted by Gasteiger charge is 2.66. The Morgan fingerprint density at radius 3 is 2.46 bits per heavy atom. The monoisotopic (exact) mass is 546 g/mol. The molecule has 208 valence electrons. The molecule has 0 aromatic heterocycles. The summed E-state index contributed by atoms with van der Waals surface area (Å²) in [6.45, 7) is 4.21. The van der Waals surface area contributed by atoms with Crippen LogP contribution in [0.3, 0.4) is 0 Å². The Hall–Kier alpha value is -1.75. The molecule has 0 aromatic carbocycles. The van der Waals surface area contributed by atoms with Crippen molar-refractivity contribution in [1.29, 1.82) is 0 Å². The van der Waals surface area contributed by atoms with Crippen molar-refractivity contribution in [3.63, 3.8) is 0 Å². The van der Waals surface area contributed by atoms with Crippen LogP contribution in [0.15, 0.2) is 0 Å². The molecular formula is C26H36F2O8S. The van der Waals surface area contributed by atoms with Crippen LogP contribution in [0.5, 0.6) is 0 Å². The summed E-state index contributed by atoms with van der Waals surface area (Å²) >= 11 is 0. The lowest BCUT2D eigenvalue weighted by atomic mass is 9.44. The lowest BCUT2D eigenvalue weighted by Crippen LogP contribution is -2.60. The van der Waals surface area contributed by atoms with Crippen LogP contribution in [0, 0.1) is 46.3 Å². The van der Waals surface area contributed by atoms with Crippen LogP contribution < -0.4 is 0 Å². The number of ether oxygens (including phenoxy) is 1. The molecule has 0 saturated heterocycles. The second-order valence-corrected chi connectivity index (χ2v) is 13.8. The number of ketones is 3. The van der Waals surface area contributed by atoms with Crippen molar-refractivity contribution in [3.05, 3.63) is 0 Å². The van der Waals surface area contributed by atoms with Gasteiger partial charge in [0.15, 0.2) is 6.61 Å². The molecule has 4 fully saturated rings. The highest BCUT2D eigenvalue weighted by molar-refractivity contribution is 7.86. The zero-order valence-corrected chi connectivity index (χ0v) is 22.3. The average molecular weight is 547 g/mol. The summed E-state index contributed by atoms with van der Waals surface area (Å²) in [6.07, 6.45) is 3.73. The molecule has 37 heavy (non-hydrogen) atoms. The lowest BCUT2D eigenvalue weighted by Gasteiger charge is -2.58. The Bertz CT molecular complexity index is 1100. The second kappa shape index (κ2) is 9.47. The minimum Gasteiger partial charge on any atom is -0.458 e. The van der Waals surface area contributed by atoms with Gasteiger partial charge in [0.25, 0.3) is 0 Å². The van der Waals surface area contributed by atoms with Gasteiger partial charge in [-0.15, -0.1) is 0 Å². The Kier molecular flexibility index (Phi) is 7.23. The number of Topliss-reactive ketones (excluding diaryl/α,β-unsaturated/α-hetero) is 3. The number of hydrogen-bond acceptors (Lipinski definition) is 7. The Balaban J connectivity index is 1.44. The molecule has 11 heteroatoms. The van der Waals surface area contributed by atoms with Crippen molar-refractivity contribution in [1.82, 2.24) is 0 Å². The summed E-state index contributed by atoms with van der Waals surface area (Å²) in [6, 6.07) is 0. The number of halogens is 2. The van der Waals surface area contributed by atoms with Crippen molar-refractivity contribution in [2.24, 2.45) is 46.3 Å². The fourth-order valence-electron chi connectivity index (χ4n) is 8.25. The first-order valence-electron chi connectivity index (χ1n) is 13.1. The molecule has 8 nitrogen and oxygen atoms in total. The molecule has 4 aliphatic carbocycles. The predicted octanol–water partition coefficient (Wildman–Crippen LogP) is 4.01. The largest absolute Gasteiger partial charge is 0.458 e. The number of hydrogen-bond donors (Lipinski definition) is 1. The number of rotatable bonds is 7. The zero-order chi connectivity index (χ0) is 27.6. The van der Waals surface area contributed by atoms with Crippen LogP contribution in [0.25, 0.3) is 0 Å². The van der Waals surface area contributed by atoms with Gasteiger partial charge in [-0.3, -0.25) is 23.7 Å². The van der Waals surface area contributed by atoms with Gasteiger partial charge < -0.3 is 4.74 Å². The molecule has 1 N–H and O–H groups in total. The molecule has 0 radical (unpaired) electrons. The first-order valence-corrected chi connectivity index (χ1v) is 14.5. The van der Waals surface area contributed by atoms with E-state index in [0.29, 0.717) is 38.5 Å². The number of fused-ring (bicyclic) bond motifs is 5. The van der Waals surface area contributed by atoms with E-state index in [2.05, 4.69) is 11.7 Å². The van der Waals surface area contributed by atoms with Crippen LogP contribution in [0.4, 0.5) is 8.78 Å². The van der Waals surface area contributed by atoms with E-state index in [1.54, 1.807) is 0 Å². The van der Waals surface area contributed by atoms with Crippen LogP contribution in [0.2, 0.25) is 0 Å². The third-order valence-electron chi connectivity index (χ3n) is 10.5. The van der Waals surface area contributed by atoms with Gasteiger partial charge in [-0.05, 0) is 60.7 Å². The van der Waals surface area contributed by atoms with Crippen LogP contribution in [-0.2, 0) is 34.0 Å². The second-order valence-electron chi connectivity index (χ2n) is 12.2. The maximum absolute atomic E-state index is 13.8. The number of esters is 1. The third kappa shape index (κ3) is 4.68. The first-order chi connectivity index (χ1) is 17.0. The van der Waals surface area contributed by atoms with E-state index in [1.165, 1.54) is 0 Å². The van der Waals surface area contributed by atoms with E-state index >= 15 is 0 Å². The summed E-state index contributed by atoms with van der Waals surface area (Å²) in [4.78, 5) is 51.3. The fourth-order valence-corrected chi connectivity index (χ4v) is 8.46. The molecule has 0 bridgehead atoms. The molecule has 4 saturated carbocycles. The van der Waals surface area contributed by atoms with Gasteiger partial charge in [0.2, 0.25) is 0 Å². The molecule has 4 aliphatic rings. The molecule has 8 atom stereocenters. The zero-order valence-electron chi connectivity index (χ0n) is 21.5. The summed E-state index contributed by atoms with van der Waals surface area (Å²) in [5.74, 6) is -1.17. The highest BCUT2D eigenvalue weighted by Crippen LogP contribution is 2.66. The topological polar surface area (TPSA) is 132 Å². The summed E-state index contributed by atoms with van der Waals surface area (Å²) < 4.78 is 61.0. The Labute approximate surface area is 216 Å². The number of alkyl halides is 2. The molecule has 0 aromatic rings. The quantitative estimate of drug-likeness (QED) is 0.374. The van der Waals surface area contributed by atoms with Crippen LogP contribution in [-0.4, -0.2) is 48.2 Å². The van der Waals surface area contributed by atoms with Gasteiger partial charge in [0.05, 0.1) is 0 Å². The molecule has 0 heterocycles. The van der Waals surface area contributed by atoms with Crippen LogP contribution >= 0.6 is 0 Å². The molecule has 0 aliphatic heterocycles. The normalized spacial score (nSPS) is 39.0. The average Bonchev–Trinajstić information content (AvgIpc) is 3.16. The number of carbonyl (C=O) groups is 4. The molecular weight excluding hydrogens is 510 g/mol. The van der Waals surface area contributed by atoms with Crippen molar-refractivity contribution in [2.45, 2.75) is 83.8 Å². The summed E-state index contributed by atoms with van der Waals surface area (Å²) in [7, 11) is -5.69. The Morgan fingerprint density at radius 2 is 1.81 bits per heavy atom. The maximum Gasteiger partial charge on any atom is 0.402 e. The lowest BCUT2D eigenvalue weighted by molar-refractivity contribution is -0.166. The molecule has 0 amide bonds. The van der Waals surface area contributed by atoms with E-state index in [9.17, 15) is 36.4 Å². The van der Waals surface area contributed by atoms with E-state index in [0.717, 1.165) is 6.42 Å². The minimum absolute atomic E-state index is 0.00464. The van der Waals surface area contributed by atoms with Gasteiger partial charge in [0.1, 0.15) is 17.3 Å². The fraction of sp³-hybridized carbons (Fsp3) is 0.846. The van der Waals surface area contributed by atoms with Crippen LogP contribution in [0.1, 0.15) is 78.6 Å². The van der Waals surface area contributed by atoms with Crippen molar-refractivity contribution in [2.75, 3.05) is 6.61 Å². The van der Waals surface area contributed by atoms with E-state index < -0.39 is 33.4 Å². The van der Waals surface area contributed by atoms with E-state index in [4.69, 9.17) is 4.55 Å². The van der Waals surface area contributed by atoms with Gasteiger partial charge in [-0.25, -0.2) is 0 Å². The SMILES string of the molecule is C[C@H](CCC(=O)OCC(F)(F)S(=O)(=O)O)[C@H]1CCC2C3C(=O)CC4CC(=O)CC[C@]4(C)C3CC(=O)[C@@]21C. The van der Waals surface area contributed by atoms with E-state index in [1.807, 2.05) is 13.8 Å². The number of carbonyl (C=O) groups excluding carboxylic acids is 4. The molecule has 0 spiro atoms. The van der Waals surface area contributed by atoms with Gasteiger partial charge in [0, 0.05) is 43.4 Å². The summed E-state index contributed by atoms with van der Waals surface area (Å²) in [5, 5.41) is -4.58. The van der Waals surface area contributed by atoms with Gasteiger partial charge in [-0.2, -0.15) is 17.2 Å². The van der Waals surface area contributed by atoms with E-state index in [-0.39, 0.29) is 71.1 Å². The Morgan fingerprint density at radius 1 is 1.14 bits per heavy atom. The third-order valence-corrected chi connectivity index (χ3v) is 11.4. The van der Waals surface area contributed by atoms with Gasteiger partial charge in [-0.1, -0.05) is 20.8 Å². The predicted molar refractivity (Wildman–Crippen MR) is 127 cm³/mol. The highest BCUT2D eigenvalue weighted by atomic mass is 32.2. The smallest absolute Gasteiger partial charge is 0.402 e. The van der Waals surface area contributed by atoms with Gasteiger partial charge >= 0.3 is 21.3 Å². The maximum atomic E-state index is 13.8. The molecule has 4 unspecified atom stereocenters. The molecule has 4 rings (SSSR count).